The molecule has 3 aromatic rings. The summed E-state index contributed by atoms with van der Waals surface area (Å²) in [6.07, 6.45) is 2.23. The minimum atomic E-state index is -0.586. The molecule has 1 amide bonds. The second kappa shape index (κ2) is 11.4. The minimum Gasteiger partial charge on any atom is -0.482 e. The van der Waals surface area contributed by atoms with Crippen LogP contribution in [0.3, 0.4) is 0 Å². The van der Waals surface area contributed by atoms with Crippen molar-refractivity contribution in [1.82, 2.24) is 9.80 Å². The number of carbonyl (C=O) groups is 2. The van der Waals surface area contributed by atoms with Crippen molar-refractivity contribution in [3.05, 3.63) is 65.9 Å². The molecule has 1 unspecified atom stereocenters. The van der Waals surface area contributed by atoms with Crippen molar-refractivity contribution in [2.24, 2.45) is 0 Å². The zero-order valence-electron chi connectivity index (χ0n) is 22.0. The SMILES string of the molecule is CN(C(=O)Cc1cccc2occc12)[C@H](CN1CCC(O)C1)c1cccc(OCC(=O)OC(C)(C)C)c1. The lowest BCUT2D eigenvalue weighted by Gasteiger charge is -2.32. The van der Waals surface area contributed by atoms with Gasteiger partial charge >= 0.3 is 5.97 Å². The molecule has 8 heteroatoms. The van der Waals surface area contributed by atoms with E-state index in [1.54, 1.807) is 17.2 Å². The van der Waals surface area contributed by atoms with Gasteiger partial charge in [0.2, 0.25) is 5.91 Å². The number of esters is 1. The second-order valence-electron chi connectivity index (χ2n) is 10.6. The first-order valence-electron chi connectivity index (χ1n) is 12.6. The van der Waals surface area contributed by atoms with Gasteiger partial charge in [-0.3, -0.25) is 9.69 Å². The molecule has 198 valence electrons. The molecule has 0 aliphatic carbocycles. The quantitative estimate of drug-likeness (QED) is 0.438. The Hall–Kier alpha value is -3.36. The van der Waals surface area contributed by atoms with E-state index >= 15 is 0 Å². The molecule has 1 aliphatic rings. The Balaban J connectivity index is 1.52. The predicted octanol–water partition coefficient (Wildman–Crippen LogP) is 3.96. The van der Waals surface area contributed by atoms with Gasteiger partial charge in [0, 0.05) is 32.1 Å². The van der Waals surface area contributed by atoms with Crippen LogP contribution in [-0.4, -0.2) is 71.8 Å². The maximum atomic E-state index is 13.5. The highest BCUT2D eigenvalue weighted by molar-refractivity contribution is 5.87. The number of rotatable bonds is 9. The van der Waals surface area contributed by atoms with Gasteiger partial charge in [0.1, 0.15) is 16.9 Å². The number of benzene rings is 2. The number of β-amino-alcohol motifs (C(OH)–C–C–N with tert-alkyl or cyclic N) is 1. The molecule has 1 N–H and O–H groups in total. The van der Waals surface area contributed by atoms with Gasteiger partial charge in [0.15, 0.2) is 6.61 Å². The molecule has 0 radical (unpaired) electrons. The molecule has 1 aromatic heterocycles. The smallest absolute Gasteiger partial charge is 0.344 e. The van der Waals surface area contributed by atoms with Crippen LogP contribution >= 0.6 is 0 Å². The number of fused-ring (bicyclic) bond motifs is 1. The fourth-order valence-corrected chi connectivity index (χ4v) is 4.67. The van der Waals surface area contributed by atoms with Crippen molar-refractivity contribution < 1.29 is 28.6 Å². The summed E-state index contributed by atoms with van der Waals surface area (Å²) in [7, 11) is 1.81. The van der Waals surface area contributed by atoms with E-state index in [4.69, 9.17) is 13.9 Å². The first-order chi connectivity index (χ1) is 17.6. The van der Waals surface area contributed by atoms with E-state index in [9.17, 15) is 14.7 Å². The van der Waals surface area contributed by atoms with E-state index in [2.05, 4.69) is 4.90 Å². The largest absolute Gasteiger partial charge is 0.482 e. The van der Waals surface area contributed by atoms with Gasteiger partial charge in [-0.15, -0.1) is 0 Å². The normalized spacial score (nSPS) is 17.1. The maximum absolute atomic E-state index is 13.5. The number of amides is 1. The number of likely N-dealkylation sites (tertiary alicyclic amines) is 1. The molecule has 1 saturated heterocycles. The number of likely N-dealkylation sites (N-methyl/N-ethyl adjacent to an activating group) is 1. The molecule has 2 aromatic carbocycles. The highest BCUT2D eigenvalue weighted by Gasteiger charge is 2.29. The monoisotopic (exact) mass is 508 g/mol. The van der Waals surface area contributed by atoms with Crippen LogP contribution in [0, 0.1) is 0 Å². The fourth-order valence-electron chi connectivity index (χ4n) is 4.67. The van der Waals surface area contributed by atoms with Crippen molar-refractivity contribution >= 4 is 22.8 Å². The summed E-state index contributed by atoms with van der Waals surface area (Å²) >= 11 is 0. The molecule has 4 rings (SSSR count). The third kappa shape index (κ3) is 7.11. The number of hydrogen-bond acceptors (Lipinski definition) is 7. The number of aliphatic hydroxyl groups is 1. The van der Waals surface area contributed by atoms with Crippen LogP contribution in [0.1, 0.15) is 44.4 Å². The van der Waals surface area contributed by atoms with Crippen LogP contribution in [0.15, 0.2) is 59.2 Å². The van der Waals surface area contributed by atoms with Gasteiger partial charge in [-0.2, -0.15) is 0 Å². The van der Waals surface area contributed by atoms with Crippen molar-refractivity contribution in [3.8, 4) is 5.75 Å². The zero-order valence-corrected chi connectivity index (χ0v) is 22.0. The van der Waals surface area contributed by atoms with Crippen molar-refractivity contribution in [1.29, 1.82) is 0 Å². The molecule has 1 aliphatic heterocycles. The summed E-state index contributed by atoms with van der Waals surface area (Å²) in [5, 5.41) is 11.0. The molecule has 8 nitrogen and oxygen atoms in total. The van der Waals surface area contributed by atoms with Gasteiger partial charge < -0.3 is 23.9 Å². The maximum Gasteiger partial charge on any atom is 0.344 e. The van der Waals surface area contributed by atoms with E-state index in [0.29, 0.717) is 25.3 Å². The lowest BCUT2D eigenvalue weighted by atomic mass is 10.0. The number of nitrogens with zero attached hydrogens (tertiary/aromatic N) is 2. The number of hydrogen-bond donors (Lipinski definition) is 1. The molecule has 1 fully saturated rings. The van der Waals surface area contributed by atoms with Crippen LogP contribution in [-0.2, 0) is 20.7 Å². The molecule has 2 heterocycles. The number of furan rings is 1. The highest BCUT2D eigenvalue weighted by atomic mass is 16.6. The molecule has 0 bridgehead atoms. The van der Waals surface area contributed by atoms with Crippen LogP contribution in [0.25, 0.3) is 11.0 Å². The minimum absolute atomic E-state index is 0.0291. The Kier molecular flexibility index (Phi) is 8.19. The van der Waals surface area contributed by atoms with Crippen LogP contribution in [0.5, 0.6) is 5.75 Å². The summed E-state index contributed by atoms with van der Waals surface area (Å²) in [4.78, 5) is 29.5. The lowest BCUT2D eigenvalue weighted by Crippen LogP contribution is -2.39. The van der Waals surface area contributed by atoms with E-state index in [0.717, 1.165) is 28.6 Å². The zero-order chi connectivity index (χ0) is 26.6. The Bertz CT molecular complexity index is 1230. The summed E-state index contributed by atoms with van der Waals surface area (Å²) in [5.41, 5.74) is 1.97. The summed E-state index contributed by atoms with van der Waals surface area (Å²) in [6, 6.07) is 14.8. The van der Waals surface area contributed by atoms with Gasteiger partial charge in [-0.05, 0) is 62.6 Å². The van der Waals surface area contributed by atoms with Gasteiger partial charge in [-0.1, -0.05) is 24.3 Å². The highest BCUT2D eigenvalue weighted by Crippen LogP contribution is 2.28. The average Bonchev–Trinajstić information content (AvgIpc) is 3.49. The van der Waals surface area contributed by atoms with E-state index in [-0.39, 0.29) is 31.1 Å². The molecule has 37 heavy (non-hydrogen) atoms. The standard InChI is InChI=1S/C29H36N2O6/c1-29(2,3)37-28(34)19-36-23-9-5-8-21(15-23)25(18-31-13-11-22(32)17-31)30(4)27(33)16-20-7-6-10-26-24(20)12-14-35-26/h5-10,12,14-15,22,25,32H,11,13,16-19H2,1-4H3/t22?,25-/m1/s1. The summed E-state index contributed by atoms with van der Waals surface area (Å²) < 4.78 is 16.6. The fraction of sp³-hybridized carbons (Fsp3) is 0.448. The van der Waals surface area contributed by atoms with Gasteiger partial charge in [-0.25, -0.2) is 4.79 Å². The van der Waals surface area contributed by atoms with Crippen LogP contribution in [0.4, 0.5) is 0 Å². The Morgan fingerprint density at radius 3 is 2.70 bits per heavy atom. The number of carbonyl (C=O) groups excluding carboxylic acids is 2. The van der Waals surface area contributed by atoms with E-state index in [1.807, 2.05) is 70.3 Å². The van der Waals surface area contributed by atoms with Crippen molar-refractivity contribution in [3.63, 3.8) is 0 Å². The predicted molar refractivity (Wildman–Crippen MR) is 140 cm³/mol. The molecule has 0 spiro atoms. The third-order valence-electron chi connectivity index (χ3n) is 6.49. The van der Waals surface area contributed by atoms with E-state index < -0.39 is 11.6 Å². The number of ether oxygens (including phenoxy) is 2. The number of aliphatic hydroxyl groups excluding tert-OH is 1. The molecular formula is C29H36N2O6. The summed E-state index contributed by atoms with van der Waals surface area (Å²) in [5.74, 6) is 0.0542. The second-order valence-corrected chi connectivity index (χ2v) is 10.6. The first-order valence-corrected chi connectivity index (χ1v) is 12.6. The molecular weight excluding hydrogens is 472 g/mol. The average molecular weight is 509 g/mol. The van der Waals surface area contributed by atoms with E-state index in [1.165, 1.54) is 0 Å². The van der Waals surface area contributed by atoms with Crippen molar-refractivity contribution in [2.45, 2.75) is 51.4 Å². The van der Waals surface area contributed by atoms with Crippen LogP contribution < -0.4 is 4.74 Å². The molecule has 2 atom stereocenters. The van der Waals surface area contributed by atoms with Gasteiger partial charge in [0.25, 0.3) is 0 Å². The topological polar surface area (TPSA) is 92.5 Å². The Labute approximate surface area is 217 Å². The van der Waals surface area contributed by atoms with Crippen molar-refractivity contribution in [2.75, 3.05) is 33.3 Å². The first kappa shape index (κ1) is 26.7. The Morgan fingerprint density at radius 2 is 1.97 bits per heavy atom. The van der Waals surface area contributed by atoms with Gasteiger partial charge in [0.05, 0.1) is 24.8 Å². The lowest BCUT2D eigenvalue weighted by molar-refractivity contribution is -0.157. The third-order valence-corrected chi connectivity index (χ3v) is 6.49. The molecule has 0 saturated carbocycles. The summed E-state index contributed by atoms with van der Waals surface area (Å²) in [6.45, 7) is 7.14. The Morgan fingerprint density at radius 1 is 1.19 bits per heavy atom. The van der Waals surface area contributed by atoms with Crippen LogP contribution in [0.2, 0.25) is 0 Å².